The van der Waals surface area contributed by atoms with Crippen molar-refractivity contribution in [2.75, 3.05) is 0 Å². The molecule has 1 aromatic carbocycles. The molecule has 1 aromatic heterocycles. The van der Waals surface area contributed by atoms with E-state index in [1.807, 2.05) is 24.3 Å². The third-order valence-corrected chi connectivity index (χ3v) is 6.04. The lowest BCUT2D eigenvalue weighted by Crippen LogP contribution is -2.11. The van der Waals surface area contributed by atoms with Crippen molar-refractivity contribution in [1.29, 1.82) is 0 Å². The number of nitrogens with two attached hydrogens (primary N) is 1. The SMILES string of the molecule is NC(c1cc(Br)c(Cl)s1)c1cc(Cl)ccc1I. The second-order valence-electron chi connectivity index (χ2n) is 3.41. The van der Waals surface area contributed by atoms with E-state index in [1.54, 1.807) is 0 Å². The van der Waals surface area contributed by atoms with Crippen LogP contribution in [0.2, 0.25) is 9.36 Å². The van der Waals surface area contributed by atoms with E-state index in [0.717, 1.165) is 18.5 Å². The van der Waals surface area contributed by atoms with Crippen LogP contribution in [0.5, 0.6) is 0 Å². The van der Waals surface area contributed by atoms with Crippen LogP contribution in [0, 0.1) is 3.57 Å². The van der Waals surface area contributed by atoms with Crippen LogP contribution in [0.15, 0.2) is 28.7 Å². The highest BCUT2D eigenvalue weighted by Gasteiger charge is 2.16. The number of hydrogen-bond acceptors (Lipinski definition) is 2. The van der Waals surface area contributed by atoms with Crippen LogP contribution in [0.1, 0.15) is 16.5 Å². The van der Waals surface area contributed by atoms with Crippen molar-refractivity contribution in [1.82, 2.24) is 0 Å². The van der Waals surface area contributed by atoms with Gasteiger partial charge in [0.2, 0.25) is 0 Å². The maximum absolute atomic E-state index is 6.24. The summed E-state index contributed by atoms with van der Waals surface area (Å²) in [6.07, 6.45) is 0. The molecule has 1 nitrogen and oxygen atoms in total. The standard InChI is InChI=1S/C11H7BrCl2INS/c12-7-4-9(17-11(7)14)10(16)6-3-5(13)1-2-8(6)15/h1-4,10H,16H2. The second-order valence-corrected chi connectivity index (χ2v) is 7.55. The van der Waals surface area contributed by atoms with E-state index in [9.17, 15) is 0 Å². The fourth-order valence-electron chi connectivity index (χ4n) is 1.42. The summed E-state index contributed by atoms with van der Waals surface area (Å²) in [6.45, 7) is 0. The molecule has 17 heavy (non-hydrogen) atoms. The molecule has 0 radical (unpaired) electrons. The Morgan fingerprint density at radius 3 is 2.59 bits per heavy atom. The molecule has 1 unspecified atom stereocenters. The third kappa shape index (κ3) is 3.16. The van der Waals surface area contributed by atoms with Gasteiger partial charge in [0, 0.05) is 17.9 Å². The normalized spacial score (nSPS) is 12.8. The van der Waals surface area contributed by atoms with Gasteiger partial charge < -0.3 is 5.73 Å². The van der Waals surface area contributed by atoms with Crippen LogP contribution in [-0.4, -0.2) is 0 Å². The molecule has 6 heteroatoms. The first-order valence-corrected chi connectivity index (χ1v) is 8.08. The lowest BCUT2D eigenvalue weighted by molar-refractivity contribution is 0.886. The Bertz CT molecular complexity index is 539. The Morgan fingerprint density at radius 1 is 1.29 bits per heavy atom. The third-order valence-electron chi connectivity index (χ3n) is 2.26. The molecule has 1 heterocycles. The van der Waals surface area contributed by atoms with Gasteiger partial charge in [0.25, 0.3) is 0 Å². The van der Waals surface area contributed by atoms with Gasteiger partial charge in [-0.05, 0) is 68.3 Å². The highest BCUT2D eigenvalue weighted by Crippen LogP contribution is 2.37. The second kappa shape index (κ2) is 5.75. The highest BCUT2D eigenvalue weighted by atomic mass is 127. The molecule has 0 saturated carbocycles. The van der Waals surface area contributed by atoms with E-state index in [-0.39, 0.29) is 6.04 Å². The van der Waals surface area contributed by atoms with Crippen molar-refractivity contribution >= 4 is 73.1 Å². The summed E-state index contributed by atoms with van der Waals surface area (Å²) < 4.78 is 2.69. The van der Waals surface area contributed by atoms with Crippen LogP contribution in [0.3, 0.4) is 0 Å². The molecule has 0 fully saturated rings. The number of thiophene rings is 1. The van der Waals surface area contributed by atoms with Gasteiger partial charge in [-0.1, -0.05) is 23.2 Å². The Hall–Kier alpha value is 0.670. The van der Waals surface area contributed by atoms with Gasteiger partial charge in [0.15, 0.2) is 0 Å². The van der Waals surface area contributed by atoms with E-state index in [1.165, 1.54) is 11.3 Å². The molecule has 0 bridgehead atoms. The summed E-state index contributed by atoms with van der Waals surface area (Å²) in [5.74, 6) is 0. The van der Waals surface area contributed by atoms with E-state index < -0.39 is 0 Å². The summed E-state index contributed by atoms with van der Waals surface area (Å²) in [5, 5.41) is 0.692. The Kier molecular flexibility index (Phi) is 4.77. The summed E-state index contributed by atoms with van der Waals surface area (Å²) in [6, 6.07) is 7.47. The predicted octanol–water partition coefficient (Wildman–Crippen LogP) is 5.47. The quantitative estimate of drug-likeness (QED) is 0.588. The van der Waals surface area contributed by atoms with Gasteiger partial charge in [0.05, 0.1) is 6.04 Å². The van der Waals surface area contributed by atoms with Crippen LogP contribution in [-0.2, 0) is 0 Å². The minimum atomic E-state index is -0.200. The molecule has 2 aromatic rings. The molecule has 0 saturated heterocycles. The molecule has 2 rings (SSSR count). The van der Waals surface area contributed by atoms with Crippen LogP contribution >= 0.6 is 73.1 Å². The average Bonchev–Trinajstić information content (AvgIpc) is 2.62. The van der Waals surface area contributed by atoms with Crippen LogP contribution < -0.4 is 5.73 Å². The fourth-order valence-corrected chi connectivity index (χ4v) is 4.03. The van der Waals surface area contributed by atoms with Gasteiger partial charge in [-0.2, -0.15) is 0 Å². The molecule has 2 N–H and O–H groups in total. The van der Waals surface area contributed by atoms with Crippen molar-refractivity contribution in [3.63, 3.8) is 0 Å². The molecular weight excluding hydrogens is 456 g/mol. The molecule has 1 atom stereocenters. The fraction of sp³-hybridized carbons (Fsp3) is 0.0909. The van der Waals surface area contributed by atoms with Crippen molar-refractivity contribution in [2.24, 2.45) is 5.73 Å². The minimum absolute atomic E-state index is 0.200. The maximum Gasteiger partial charge on any atom is 0.107 e. The topological polar surface area (TPSA) is 26.0 Å². The van der Waals surface area contributed by atoms with E-state index in [0.29, 0.717) is 9.36 Å². The molecule has 0 aliphatic carbocycles. The number of rotatable bonds is 2. The lowest BCUT2D eigenvalue weighted by atomic mass is 10.1. The van der Waals surface area contributed by atoms with Gasteiger partial charge in [-0.15, -0.1) is 11.3 Å². The summed E-state index contributed by atoms with van der Waals surface area (Å²) in [4.78, 5) is 1.02. The zero-order valence-electron chi connectivity index (χ0n) is 8.38. The van der Waals surface area contributed by atoms with Gasteiger partial charge in [0.1, 0.15) is 4.34 Å². The van der Waals surface area contributed by atoms with Crippen molar-refractivity contribution < 1.29 is 0 Å². The van der Waals surface area contributed by atoms with Gasteiger partial charge >= 0.3 is 0 Å². The van der Waals surface area contributed by atoms with Crippen molar-refractivity contribution in [3.8, 4) is 0 Å². The zero-order valence-corrected chi connectivity index (χ0v) is 14.5. The maximum atomic E-state index is 6.24. The van der Waals surface area contributed by atoms with Gasteiger partial charge in [-0.25, -0.2) is 0 Å². The van der Waals surface area contributed by atoms with E-state index >= 15 is 0 Å². The Labute approximate surface area is 136 Å². The van der Waals surface area contributed by atoms with Crippen LogP contribution in [0.4, 0.5) is 0 Å². The van der Waals surface area contributed by atoms with Crippen LogP contribution in [0.25, 0.3) is 0 Å². The van der Waals surface area contributed by atoms with Crippen molar-refractivity contribution in [3.05, 3.63) is 52.1 Å². The summed E-state index contributed by atoms with van der Waals surface area (Å²) >= 11 is 19.1. The first-order chi connectivity index (χ1) is 7.99. The Balaban J connectivity index is 2.42. The largest absolute Gasteiger partial charge is 0.320 e. The smallest absolute Gasteiger partial charge is 0.107 e. The zero-order chi connectivity index (χ0) is 12.6. The minimum Gasteiger partial charge on any atom is -0.320 e. The molecule has 90 valence electrons. The first kappa shape index (κ1) is 14.1. The first-order valence-electron chi connectivity index (χ1n) is 4.64. The summed E-state index contributed by atoms with van der Waals surface area (Å²) in [7, 11) is 0. The Morgan fingerprint density at radius 2 is 2.00 bits per heavy atom. The molecule has 0 amide bonds. The number of halogens is 4. The van der Waals surface area contributed by atoms with Gasteiger partial charge in [-0.3, -0.25) is 0 Å². The summed E-state index contributed by atoms with van der Waals surface area (Å²) in [5.41, 5.74) is 7.25. The lowest BCUT2D eigenvalue weighted by Gasteiger charge is -2.12. The molecule has 0 aliphatic rings. The van der Waals surface area contributed by atoms with Crippen molar-refractivity contribution in [2.45, 2.75) is 6.04 Å². The monoisotopic (exact) mass is 461 g/mol. The highest BCUT2D eigenvalue weighted by molar-refractivity contribution is 14.1. The molecule has 0 spiro atoms. The molecule has 0 aliphatic heterocycles. The number of hydrogen-bond donors (Lipinski definition) is 1. The van der Waals surface area contributed by atoms with E-state index in [2.05, 4.69) is 38.5 Å². The molecular formula is C11H7BrCl2INS. The predicted molar refractivity (Wildman–Crippen MR) is 87.2 cm³/mol. The van der Waals surface area contributed by atoms with E-state index in [4.69, 9.17) is 28.9 Å². The number of benzene rings is 1. The average molecular weight is 463 g/mol.